The monoisotopic (exact) mass is 228 g/mol. The fourth-order valence-corrected chi connectivity index (χ4v) is 1.31. The Hall–Kier alpha value is -0.850. The molecule has 0 bridgehead atoms. The van der Waals surface area contributed by atoms with E-state index in [1.54, 1.807) is 7.05 Å². The SMILES string of the molecule is CN1CCN(C(=O)C(F)(F)C(F)F)CC1. The third kappa shape index (κ3) is 2.58. The van der Waals surface area contributed by atoms with Gasteiger partial charge in [0.15, 0.2) is 0 Å². The summed E-state index contributed by atoms with van der Waals surface area (Å²) in [5.41, 5.74) is 0. The highest BCUT2D eigenvalue weighted by Gasteiger charge is 2.51. The molecular weight excluding hydrogens is 216 g/mol. The number of alkyl halides is 4. The van der Waals surface area contributed by atoms with Gasteiger partial charge >= 0.3 is 12.3 Å². The summed E-state index contributed by atoms with van der Waals surface area (Å²) in [7, 11) is 1.77. The van der Waals surface area contributed by atoms with Crippen LogP contribution in [0.5, 0.6) is 0 Å². The number of nitrogens with zero attached hydrogens (tertiary/aromatic N) is 2. The second-order valence-corrected chi connectivity index (χ2v) is 3.52. The topological polar surface area (TPSA) is 23.6 Å². The van der Waals surface area contributed by atoms with Gasteiger partial charge in [0.05, 0.1) is 0 Å². The molecule has 3 nitrogen and oxygen atoms in total. The van der Waals surface area contributed by atoms with Crippen molar-refractivity contribution in [2.45, 2.75) is 12.3 Å². The number of carbonyl (C=O) groups is 1. The third-order valence-corrected chi connectivity index (χ3v) is 2.35. The van der Waals surface area contributed by atoms with Gasteiger partial charge < -0.3 is 9.80 Å². The summed E-state index contributed by atoms with van der Waals surface area (Å²) < 4.78 is 49.1. The molecule has 1 fully saturated rings. The van der Waals surface area contributed by atoms with Gasteiger partial charge in [0.2, 0.25) is 0 Å². The number of likely N-dealkylation sites (N-methyl/N-ethyl adjacent to an activating group) is 1. The maximum absolute atomic E-state index is 12.7. The molecule has 1 rings (SSSR count). The number of amides is 1. The highest BCUT2D eigenvalue weighted by molar-refractivity contribution is 5.84. The first kappa shape index (κ1) is 12.2. The first-order chi connectivity index (χ1) is 6.85. The van der Waals surface area contributed by atoms with E-state index in [0.29, 0.717) is 13.1 Å². The van der Waals surface area contributed by atoms with E-state index in [2.05, 4.69) is 0 Å². The van der Waals surface area contributed by atoms with Gasteiger partial charge in [-0.25, -0.2) is 8.78 Å². The molecule has 0 aromatic rings. The van der Waals surface area contributed by atoms with Crippen molar-refractivity contribution in [2.24, 2.45) is 0 Å². The molecule has 15 heavy (non-hydrogen) atoms. The van der Waals surface area contributed by atoms with Crippen LogP contribution in [0.3, 0.4) is 0 Å². The molecule has 0 N–H and O–H groups in total. The molecule has 0 aromatic carbocycles. The zero-order valence-electron chi connectivity index (χ0n) is 8.22. The number of halogens is 4. The highest BCUT2D eigenvalue weighted by atomic mass is 19.3. The summed E-state index contributed by atoms with van der Waals surface area (Å²) in [4.78, 5) is 13.7. The fourth-order valence-electron chi connectivity index (χ4n) is 1.31. The standard InChI is InChI=1S/C8H12F4N2O/c1-13-2-4-14(5-3-13)7(15)8(11,12)6(9)10/h6H,2-5H2,1H3. The maximum Gasteiger partial charge on any atom is 0.383 e. The maximum atomic E-state index is 12.7. The molecule has 0 saturated carbocycles. The fraction of sp³-hybridized carbons (Fsp3) is 0.875. The van der Waals surface area contributed by atoms with Gasteiger partial charge in [-0.1, -0.05) is 0 Å². The van der Waals surface area contributed by atoms with Crippen LogP contribution in [0.1, 0.15) is 0 Å². The molecule has 1 aliphatic heterocycles. The Bertz CT molecular complexity index is 239. The van der Waals surface area contributed by atoms with E-state index in [4.69, 9.17) is 0 Å². The first-order valence-corrected chi connectivity index (χ1v) is 4.49. The molecule has 1 heterocycles. The smallest absolute Gasteiger partial charge is 0.335 e. The quantitative estimate of drug-likeness (QED) is 0.648. The van der Waals surface area contributed by atoms with E-state index in [1.165, 1.54) is 0 Å². The molecule has 0 aliphatic carbocycles. The summed E-state index contributed by atoms with van der Waals surface area (Å²) in [6.45, 7) is 0.978. The zero-order chi connectivity index (χ0) is 11.6. The molecule has 88 valence electrons. The van der Waals surface area contributed by atoms with Crippen LogP contribution >= 0.6 is 0 Å². The van der Waals surface area contributed by atoms with E-state index >= 15 is 0 Å². The molecule has 0 radical (unpaired) electrons. The Morgan fingerprint density at radius 3 is 2.07 bits per heavy atom. The Morgan fingerprint density at radius 1 is 1.20 bits per heavy atom. The molecule has 0 unspecified atom stereocenters. The number of hydrogen-bond acceptors (Lipinski definition) is 2. The Balaban J connectivity index is 2.61. The van der Waals surface area contributed by atoms with E-state index in [-0.39, 0.29) is 13.1 Å². The van der Waals surface area contributed by atoms with Crippen molar-refractivity contribution in [3.63, 3.8) is 0 Å². The van der Waals surface area contributed by atoms with Gasteiger partial charge in [0, 0.05) is 26.2 Å². The summed E-state index contributed by atoms with van der Waals surface area (Å²) in [5, 5.41) is 0. The van der Waals surface area contributed by atoms with E-state index in [9.17, 15) is 22.4 Å². The molecule has 0 aromatic heterocycles. The Kier molecular flexibility index (Phi) is 3.54. The predicted molar refractivity (Wildman–Crippen MR) is 45.0 cm³/mol. The molecule has 0 atom stereocenters. The average Bonchev–Trinajstić information content (AvgIpc) is 2.17. The van der Waals surface area contributed by atoms with Crippen LogP contribution in [0.15, 0.2) is 0 Å². The van der Waals surface area contributed by atoms with Gasteiger partial charge in [-0.3, -0.25) is 4.79 Å². The van der Waals surface area contributed by atoms with Gasteiger partial charge in [0.1, 0.15) is 0 Å². The van der Waals surface area contributed by atoms with Crippen molar-refractivity contribution in [1.29, 1.82) is 0 Å². The van der Waals surface area contributed by atoms with Crippen molar-refractivity contribution in [2.75, 3.05) is 33.2 Å². The van der Waals surface area contributed by atoms with Crippen LogP contribution < -0.4 is 0 Å². The Morgan fingerprint density at radius 2 is 1.67 bits per heavy atom. The number of rotatable bonds is 2. The van der Waals surface area contributed by atoms with Crippen LogP contribution in [0.2, 0.25) is 0 Å². The highest BCUT2D eigenvalue weighted by Crippen LogP contribution is 2.25. The summed E-state index contributed by atoms with van der Waals surface area (Å²) in [6, 6.07) is 0. The lowest BCUT2D eigenvalue weighted by molar-refractivity contribution is -0.181. The van der Waals surface area contributed by atoms with Gasteiger partial charge in [-0.05, 0) is 7.05 Å². The van der Waals surface area contributed by atoms with Crippen molar-refractivity contribution < 1.29 is 22.4 Å². The van der Waals surface area contributed by atoms with E-state index < -0.39 is 18.3 Å². The van der Waals surface area contributed by atoms with Gasteiger partial charge in [-0.2, -0.15) is 8.78 Å². The number of piperazine rings is 1. The van der Waals surface area contributed by atoms with Crippen molar-refractivity contribution in [3.05, 3.63) is 0 Å². The number of hydrogen-bond donors (Lipinski definition) is 0. The first-order valence-electron chi connectivity index (χ1n) is 4.49. The molecule has 1 aliphatic rings. The Labute approximate surface area is 84.6 Å². The molecule has 7 heteroatoms. The lowest BCUT2D eigenvalue weighted by atomic mass is 10.2. The van der Waals surface area contributed by atoms with E-state index in [1.807, 2.05) is 4.90 Å². The minimum Gasteiger partial charge on any atom is -0.335 e. The van der Waals surface area contributed by atoms with Crippen LogP contribution in [-0.2, 0) is 4.79 Å². The van der Waals surface area contributed by atoms with E-state index in [0.717, 1.165) is 4.90 Å². The number of carbonyl (C=O) groups excluding carboxylic acids is 1. The second kappa shape index (κ2) is 4.34. The minimum absolute atomic E-state index is 0.0671. The largest absolute Gasteiger partial charge is 0.383 e. The van der Waals surface area contributed by atoms with Crippen LogP contribution in [0.25, 0.3) is 0 Å². The molecular formula is C8H12F4N2O. The van der Waals surface area contributed by atoms with Crippen LogP contribution in [-0.4, -0.2) is 61.3 Å². The van der Waals surface area contributed by atoms with Crippen molar-refractivity contribution >= 4 is 5.91 Å². The minimum atomic E-state index is -4.56. The molecule has 1 saturated heterocycles. The predicted octanol–water partition coefficient (Wildman–Crippen LogP) is 0.661. The molecule has 1 amide bonds. The summed E-state index contributed by atoms with van der Waals surface area (Å²) in [5.74, 6) is -6.33. The normalized spacial score (nSPS) is 19.7. The summed E-state index contributed by atoms with van der Waals surface area (Å²) >= 11 is 0. The van der Waals surface area contributed by atoms with Crippen LogP contribution in [0.4, 0.5) is 17.6 Å². The molecule has 0 spiro atoms. The van der Waals surface area contributed by atoms with Crippen molar-refractivity contribution in [1.82, 2.24) is 9.80 Å². The van der Waals surface area contributed by atoms with Gasteiger partial charge in [-0.15, -0.1) is 0 Å². The van der Waals surface area contributed by atoms with Gasteiger partial charge in [0.25, 0.3) is 5.91 Å². The average molecular weight is 228 g/mol. The lowest BCUT2D eigenvalue weighted by Gasteiger charge is -2.34. The zero-order valence-corrected chi connectivity index (χ0v) is 8.22. The van der Waals surface area contributed by atoms with Crippen LogP contribution in [0, 0.1) is 0 Å². The second-order valence-electron chi connectivity index (χ2n) is 3.52. The third-order valence-electron chi connectivity index (χ3n) is 2.35. The van der Waals surface area contributed by atoms with Crippen molar-refractivity contribution in [3.8, 4) is 0 Å². The lowest BCUT2D eigenvalue weighted by Crippen LogP contribution is -2.54. The summed E-state index contributed by atoms with van der Waals surface area (Å²) in [6.07, 6.45) is -3.94.